The number of carbonyl (C=O) groups excluding carboxylic acids is 1. The van der Waals surface area contributed by atoms with Crippen LogP contribution in [0.5, 0.6) is 0 Å². The minimum absolute atomic E-state index is 0.110. The van der Waals surface area contributed by atoms with Gasteiger partial charge in [0.15, 0.2) is 0 Å². The van der Waals surface area contributed by atoms with Crippen molar-refractivity contribution in [2.75, 3.05) is 5.32 Å². The van der Waals surface area contributed by atoms with Gasteiger partial charge >= 0.3 is 5.69 Å². The zero-order valence-electron chi connectivity index (χ0n) is 9.64. The Balaban J connectivity index is 2.33. The fraction of sp³-hybridized carbons (Fsp3) is 0.0833. The molecular formula is C12H11N3O3. The number of para-hydroxylation sites is 1. The second kappa shape index (κ2) is 4.70. The molecule has 1 aromatic heterocycles. The van der Waals surface area contributed by atoms with Gasteiger partial charge in [0.2, 0.25) is 0 Å². The van der Waals surface area contributed by atoms with E-state index in [2.05, 4.69) is 10.3 Å². The van der Waals surface area contributed by atoms with Gasteiger partial charge in [0, 0.05) is 18.9 Å². The fourth-order valence-corrected chi connectivity index (χ4v) is 1.45. The number of anilines is 1. The van der Waals surface area contributed by atoms with Crippen molar-refractivity contribution >= 4 is 11.6 Å². The van der Waals surface area contributed by atoms with Crippen LogP contribution in [0.15, 0.2) is 46.1 Å². The van der Waals surface area contributed by atoms with E-state index in [-0.39, 0.29) is 5.56 Å². The lowest BCUT2D eigenvalue weighted by Gasteiger charge is -2.05. The van der Waals surface area contributed by atoms with E-state index in [4.69, 9.17) is 0 Å². The van der Waals surface area contributed by atoms with Crippen LogP contribution in [0.2, 0.25) is 0 Å². The Morgan fingerprint density at radius 1 is 1.22 bits per heavy atom. The Labute approximate surface area is 102 Å². The third-order valence-electron chi connectivity index (χ3n) is 2.38. The maximum absolute atomic E-state index is 11.9. The molecule has 2 aromatic rings. The molecule has 1 heterocycles. The predicted octanol–water partition coefficient (Wildman–Crippen LogP) is 0.326. The van der Waals surface area contributed by atoms with Crippen molar-refractivity contribution in [2.24, 2.45) is 7.05 Å². The summed E-state index contributed by atoms with van der Waals surface area (Å²) in [5.74, 6) is -0.557. The molecule has 0 aliphatic heterocycles. The molecule has 1 aromatic carbocycles. The molecule has 0 bridgehead atoms. The quantitative estimate of drug-likeness (QED) is 0.799. The summed E-state index contributed by atoms with van der Waals surface area (Å²) in [5.41, 5.74) is -0.792. The highest BCUT2D eigenvalue weighted by molar-refractivity contribution is 6.03. The Morgan fingerprint density at radius 2 is 1.89 bits per heavy atom. The summed E-state index contributed by atoms with van der Waals surface area (Å²) >= 11 is 0. The van der Waals surface area contributed by atoms with Crippen LogP contribution in [0, 0.1) is 0 Å². The molecule has 0 saturated carbocycles. The van der Waals surface area contributed by atoms with Gasteiger partial charge in [-0.2, -0.15) is 0 Å². The zero-order chi connectivity index (χ0) is 13.1. The number of hydrogen-bond donors (Lipinski definition) is 2. The van der Waals surface area contributed by atoms with E-state index < -0.39 is 17.2 Å². The van der Waals surface area contributed by atoms with Gasteiger partial charge in [-0.1, -0.05) is 18.2 Å². The molecule has 92 valence electrons. The maximum Gasteiger partial charge on any atom is 0.328 e. The second-order valence-electron chi connectivity index (χ2n) is 3.73. The van der Waals surface area contributed by atoms with Gasteiger partial charge in [-0.15, -0.1) is 0 Å². The largest absolute Gasteiger partial charge is 0.328 e. The second-order valence-corrected chi connectivity index (χ2v) is 3.73. The van der Waals surface area contributed by atoms with Crippen molar-refractivity contribution in [3.8, 4) is 0 Å². The number of aromatic amines is 1. The molecular weight excluding hydrogens is 234 g/mol. The molecule has 18 heavy (non-hydrogen) atoms. The predicted molar refractivity (Wildman–Crippen MR) is 66.7 cm³/mol. The maximum atomic E-state index is 11.9. The Hall–Kier alpha value is -2.63. The normalized spacial score (nSPS) is 10.1. The number of aromatic nitrogens is 2. The highest BCUT2D eigenvalue weighted by Crippen LogP contribution is 2.05. The summed E-state index contributed by atoms with van der Waals surface area (Å²) in [6.45, 7) is 0. The zero-order valence-corrected chi connectivity index (χ0v) is 9.64. The number of H-pyrrole nitrogens is 1. The van der Waals surface area contributed by atoms with Gasteiger partial charge in [-0.25, -0.2) is 4.79 Å². The minimum Gasteiger partial charge on any atom is -0.322 e. The summed E-state index contributed by atoms with van der Waals surface area (Å²) in [6, 6.07) is 8.75. The van der Waals surface area contributed by atoms with Gasteiger partial charge in [0.05, 0.1) is 0 Å². The van der Waals surface area contributed by atoms with Crippen LogP contribution in [0.3, 0.4) is 0 Å². The first-order chi connectivity index (χ1) is 8.58. The SMILES string of the molecule is Cn1cc(C(=O)Nc2ccccc2)c(=O)[nH]c1=O. The van der Waals surface area contributed by atoms with Gasteiger partial charge in [0.25, 0.3) is 11.5 Å². The van der Waals surface area contributed by atoms with E-state index in [0.29, 0.717) is 5.69 Å². The average Bonchev–Trinajstić information content (AvgIpc) is 2.35. The van der Waals surface area contributed by atoms with E-state index in [1.165, 1.54) is 13.2 Å². The van der Waals surface area contributed by atoms with Crippen LogP contribution in [-0.4, -0.2) is 15.5 Å². The van der Waals surface area contributed by atoms with Crippen molar-refractivity contribution in [1.29, 1.82) is 0 Å². The van der Waals surface area contributed by atoms with Crippen molar-refractivity contribution < 1.29 is 4.79 Å². The van der Waals surface area contributed by atoms with E-state index in [0.717, 1.165) is 4.57 Å². The number of benzene rings is 1. The minimum atomic E-state index is -0.702. The number of rotatable bonds is 2. The van der Waals surface area contributed by atoms with Crippen LogP contribution in [0.4, 0.5) is 5.69 Å². The fourth-order valence-electron chi connectivity index (χ4n) is 1.45. The lowest BCUT2D eigenvalue weighted by molar-refractivity contribution is 0.102. The Kier molecular flexibility index (Phi) is 3.09. The lowest BCUT2D eigenvalue weighted by Crippen LogP contribution is -2.33. The van der Waals surface area contributed by atoms with Crippen molar-refractivity contribution in [2.45, 2.75) is 0 Å². The molecule has 2 rings (SSSR count). The molecule has 0 saturated heterocycles. The van der Waals surface area contributed by atoms with E-state index in [1.807, 2.05) is 6.07 Å². The van der Waals surface area contributed by atoms with E-state index in [1.54, 1.807) is 24.3 Å². The van der Waals surface area contributed by atoms with Crippen LogP contribution in [0.1, 0.15) is 10.4 Å². The number of nitrogens with zero attached hydrogens (tertiary/aromatic N) is 1. The first kappa shape index (κ1) is 11.8. The highest BCUT2D eigenvalue weighted by atomic mass is 16.2. The van der Waals surface area contributed by atoms with Gasteiger partial charge in [0.1, 0.15) is 5.56 Å². The monoisotopic (exact) mass is 245 g/mol. The average molecular weight is 245 g/mol. The topological polar surface area (TPSA) is 84.0 Å². The van der Waals surface area contributed by atoms with Crippen LogP contribution in [0.25, 0.3) is 0 Å². The van der Waals surface area contributed by atoms with Crippen LogP contribution < -0.4 is 16.6 Å². The molecule has 0 spiro atoms. The summed E-state index contributed by atoms with van der Waals surface area (Å²) in [6.07, 6.45) is 1.21. The van der Waals surface area contributed by atoms with Crippen molar-refractivity contribution in [3.63, 3.8) is 0 Å². The number of hydrogen-bond acceptors (Lipinski definition) is 3. The van der Waals surface area contributed by atoms with Crippen molar-refractivity contribution in [3.05, 3.63) is 62.9 Å². The molecule has 1 amide bonds. The Morgan fingerprint density at radius 3 is 2.56 bits per heavy atom. The van der Waals surface area contributed by atoms with Gasteiger partial charge in [-0.05, 0) is 12.1 Å². The number of nitrogens with one attached hydrogen (secondary N) is 2. The lowest BCUT2D eigenvalue weighted by atomic mass is 10.2. The molecule has 0 fully saturated rings. The number of carbonyl (C=O) groups is 1. The number of aryl methyl sites for hydroxylation is 1. The molecule has 0 atom stereocenters. The first-order valence-corrected chi connectivity index (χ1v) is 5.24. The summed E-state index contributed by atoms with van der Waals surface area (Å²) in [4.78, 5) is 36.6. The molecule has 0 radical (unpaired) electrons. The molecule has 0 unspecified atom stereocenters. The summed E-state index contributed by atoms with van der Waals surface area (Å²) in [7, 11) is 1.46. The van der Waals surface area contributed by atoms with Crippen LogP contribution in [-0.2, 0) is 7.05 Å². The molecule has 0 aliphatic rings. The smallest absolute Gasteiger partial charge is 0.322 e. The van der Waals surface area contributed by atoms with E-state index in [9.17, 15) is 14.4 Å². The third-order valence-corrected chi connectivity index (χ3v) is 2.38. The van der Waals surface area contributed by atoms with E-state index >= 15 is 0 Å². The third kappa shape index (κ3) is 2.37. The summed E-state index contributed by atoms with van der Waals surface area (Å²) < 4.78 is 1.14. The first-order valence-electron chi connectivity index (χ1n) is 5.24. The standard InChI is InChI=1S/C12H11N3O3/c1-15-7-9(11(17)14-12(15)18)10(16)13-8-5-3-2-4-6-8/h2-7H,1H3,(H,13,16)(H,14,17,18). The highest BCUT2D eigenvalue weighted by Gasteiger charge is 2.12. The molecule has 2 N–H and O–H groups in total. The van der Waals surface area contributed by atoms with Gasteiger partial charge in [-0.3, -0.25) is 14.6 Å². The molecule has 0 aliphatic carbocycles. The Bertz CT molecular complexity index is 686. The number of amides is 1. The van der Waals surface area contributed by atoms with Gasteiger partial charge < -0.3 is 9.88 Å². The molecule has 6 nitrogen and oxygen atoms in total. The molecule has 6 heteroatoms. The summed E-state index contributed by atoms with van der Waals surface area (Å²) in [5, 5.41) is 2.57. The van der Waals surface area contributed by atoms with Crippen molar-refractivity contribution in [1.82, 2.24) is 9.55 Å². The van der Waals surface area contributed by atoms with Crippen LogP contribution >= 0.6 is 0 Å².